The van der Waals surface area contributed by atoms with Gasteiger partial charge in [0, 0.05) is 11.3 Å². The number of rotatable bonds is 4. The number of hydrogen-bond acceptors (Lipinski definition) is 2. The molecule has 2 unspecified atom stereocenters. The van der Waals surface area contributed by atoms with E-state index in [0.29, 0.717) is 6.42 Å². The largest absolute Gasteiger partial charge is 0.254 e. The van der Waals surface area contributed by atoms with Gasteiger partial charge in [0.05, 0.1) is 22.1 Å². The summed E-state index contributed by atoms with van der Waals surface area (Å²) in [4.78, 5) is 0.861. The van der Waals surface area contributed by atoms with Crippen LogP contribution in [-0.4, -0.2) is 9.46 Å². The minimum atomic E-state index is -1.06. The average molecular weight is 221 g/mol. The third-order valence-electron chi connectivity index (χ3n) is 2.39. The van der Waals surface area contributed by atoms with E-state index in [-0.39, 0.29) is 5.25 Å². The van der Waals surface area contributed by atoms with E-state index in [0.717, 1.165) is 16.9 Å². The molecular formula is C12H15NOS. The summed E-state index contributed by atoms with van der Waals surface area (Å²) >= 11 is 0. The highest BCUT2D eigenvalue weighted by Gasteiger charge is 2.17. The molecule has 3 heteroatoms. The lowest BCUT2D eigenvalue weighted by Gasteiger charge is -2.12. The highest BCUT2D eigenvalue weighted by Crippen LogP contribution is 2.19. The van der Waals surface area contributed by atoms with Crippen LogP contribution in [0.3, 0.4) is 0 Å². The zero-order chi connectivity index (χ0) is 11.3. The quantitative estimate of drug-likeness (QED) is 0.784. The first-order valence-corrected chi connectivity index (χ1v) is 6.25. The van der Waals surface area contributed by atoms with E-state index in [1.54, 1.807) is 0 Å². The Morgan fingerprint density at radius 2 is 2.13 bits per heavy atom. The maximum atomic E-state index is 12.1. The molecule has 2 nitrogen and oxygen atoms in total. The maximum Gasteiger partial charge on any atom is 0.0634 e. The molecule has 0 amide bonds. The average Bonchev–Trinajstić information content (AvgIpc) is 2.25. The van der Waals surface area contributed by atoms with E-state index in [1.165, 1.54) is 0 Å². The molecule has 80 valence electrons. The summed E-state index contributed by atoms with van der Waals surface area (Å²) in [7, 11) is -1.06. The van der Waals surface area contributed by atoms with Crippen molar-refractivity contribution in [3.8, 4) is 6.07 Å². The predicted octanol–water partition coefficient (Wildman–Crippen LogP) is 2.79. The molecule has 1 aromatic rings. The first kappa shape index (κ1) is 11.9. The molecule has 0 fully saturated rings. The van der Waals surface area contributed by atoms with Gasteiger partial charge in [0.2, 0.25) is 0 Å². The third-order valence-corrected chi connectivity index (χ3v) is 4.38. The normalized spacial score (nSPS) is 14.2. The van der Waals surface area contributed by atoms with Crippen molar-refractivity contribution in [2.45, 2.75) is 36.8 Å². The molecule has 0 saturated carbocycles. The monoisotopic (exact) mass is 221 g/mol. The Kier molecular flexibility index (Phi) is 4.51. The second-order valence-corrected chi connectivity index (χ2v) is 5.16. The Morgan fingerprint density at radius 3 is 2.67 bits per heavy atom. The topological polar surface area (TPSA) is 40.9 Å². The summed E-state index contributed by atoms with van der Waals surface area (Å²) in [5, 5.41) is 8.60. The van der Waals surface area contributed by atoms with Gasteiger partial charge in [-0.05, 0) is 25.0 Å². The van der Waals surface area contributed by atoms with Gasteiger partial charge in [-0.15, -0.1) is 0 Å². The molecule has 0 aliphatic rings. The summed E-state index contributed by atoms with van der Waals surface area (Å²) in [6.45, 7) is 3.92. The van der Waals surface area contributed by atoms with E-state index in [9.17, 15) is 4.21 Å². The summed E-state index contributed by atoms with van der Waals surface area (Å²) < 4.78 is 12.1. The van der Waals surface area contributed by atoms with Crippen molar-refractivity contribution in [3.63, 3.8) is 0 Å². The fourth-order valence-electron chi connectivity index (χ4n) is 1.43. The van der Waals surface area contributed by atoms with Crippen molar-refractivity contribution in [2.75, 3.05) is 0 Å². The molecule has 0 saturated heterocycles. The standard InChI is InChI=1S/C12H15NOS/c1-3-11(8-9-13)15(14)12-7-5-4-6-10(12)2/h4-7,11H,3,8H2,1-2H3. The van der Waals surface area contributed by atoms with E-state index < -0.39 is 10.8 Å². The molecule has 0 N–H and O–H groups in total. The van der Waals surface area contributed by atoms with Crippen LogP contribution in [0.2, 0.25) is 0 Å². The fourth-order valence-corrected chi connectivity index (χ4v) is 2.92. The predicted molar refractivity (Wildman–Crippen MR) is 61.9 cm³/mol. The lowest BCUT2D eigenvalue weighted by molar-refractivity contribution is 0.664. The molecule has 15 heavy (non-hydrogen) atoms. The molecule has 0 bridgehead atoms. The van der Waals surface area contributed by atoms with Crippen molar-refractivity contribution in [3.05, 3.63) is 29.8 Å². The lowest BCUT2D eigenvalue weighted by atomic mass is 10.2. The number of benzene rings is 1. The van der Waals surface area contributed by atoms with Gasteiger partial charge >= 0.3 is 0 Å². The first-order chi connectivity index (χ1) is 7.20. The molecule has 2 atom stereocenters. The van der Waals surface area contributed by atoms with Crippen LogP contribution in [0.5, 0.6) is 0 Å². The zero-order valence-electron chi connectivity index (χ0n) is 9.06. The molecule has 0 aliphatic carbocycles. The van der Waals surface area contributed by atoms with Gasteiger partial charge in [0.15, 0.2) is 0 Å². The van der Waals surface area contributed by atoms with Gasteiger partial charge in [-0.2, -0.15) is 5.26 Å². The smallest absolute Gasteiger partial charge is 0.0634 e. The van der Waals surface area contributed by atoms with Gasteiger partial charge in [-0.3, -0.25) is 4.21 Å². The van der Waals surface area contributed by atoms with Gasteiger partial charge in [0.1, 0.15) is 0 Å². The summed E-state index contributed by atoms with van der Waals surface area (Å²) in [5.74, 6) is 0. The highest BCUT2D eigenvalue weighted by molar-refractivity contribution is 7.85. The van der Waals surface area contributed by atoms with Crippen LogP contribution in [0.25, 0.3) is 0 Å². The molecular weight excluding hydrogens is 206 g/mol. The number of hydrogen-bond donors (Lipinski definition) is 0. The van der Waals surface area contributed by atoms with E-state index in [1.807, 2.05) is 38.1 Å². The van der Waals surface area contributed by atoms with Crippen LogP contribution in [0.1, 0.15) is 25.3 Å². The maximum absolute atomic E-state index is 12.1. The molecule has 0 aromatic heterocycles. The van der Waals surface area contributed by atoms with Crippen molar-refractivity contribution in [2.24, 2.45) is 0 Å². The van der Waals surface area contributed by atoms with E-state index in [4.69, 9.17) is 5.26 Å². The van der Waals surface area contributed by atoms with Crippen molar-refractivity contribution >= 4 is 10.8 Å². The molecule has 0 aliphatic heterocycles. The van der Waals surface area contributed by atoms with Gasteiger partial charge < -0.3 is 0 Å². The SMILES string of the molecule is CCC(CC#N)S(=O)c1ccccc1C. The van der Waals surface area contributed by atoms with Crippen LogP contribution in [0.4, 0.5) is 0 Å². The fraction of sp³-hybridized carbons (Fsp3) is 0.417. The van der Waals surface area contributed by atoms with Crippen LogP contribution < -0.4 is 0 Å². The Balaban J connectivity index is 2.94. The Labute approximate surface area is 93.4 Å². The van der Waals surface area contributed by atoms with Gasteiger partial charge in [0.25, 0.3) is 0 Å². The van der Waals surface area contributed by atoms with Gasteiger partial charge in [-0.25, -0.2) is 0 Å². The summed E-state index contributed by atoms with van der Waals surface area (Å²) in [5.41, 5.74) is 1.03. The lowest BCUT2D eigenvalue weighted by Crippen LogP contribution is -2.14. The van der Waals surface area contributed by atoms with Crippen LogP contribution in [0.15, 0.2) is 29.2 Å². The Hall–Kier alpha value is -1.14. The highest BCUT2D eigenvalue weighted by atomic mass is 32.2. The second-order valence-electron chi connectivity index (χ2n) is 3.46. The summed E-state index contributed by atoms with van der Waals surface area (Å²) in [6, 6.07) is 9.75. The second kappa shape index (κ2) is 5.67. The molecule has 0 radical (unpaired) electrons. The van der Waals surface area contributed by atoms with E-state index in [2.05, 4.69) is 6.07 Å². The molecule has 0 heterocycles. The van der Waals surface area contributed by atoms with E-state index >= 15 is 0 Å². The van der Waals surface area contributed by atoms with Crippen LogP contribution in [-0.2, 0) is 10.8 Å². The van der Waals surface area contributed by atoms with Crippen LogP contribution >= 0.6 is 0 Å². The number of aryl methyl sites for hydroxylation is 1. The Morgan fingerprint density at radius 1 is 1.47 bits per heavy atom. The number of nitrogens with zero attached hydrogens (tertiary/aromatic N) is 1. The van der Waals surface area contributed by atoms with Crippen LogP contribution in [0, 0.1) is 18.3 Å². The first-order valence-electron chi connectivity index (χ1n) is 5.03. The van der Waals surface area contributed by atoms with Crippen molar-refractivity contribution in [1.82, 2.24) is 0 Å². The summed E-state index contributed by atoms with van der Waals surface area (Å²) in [6.07, 6.45) is 1.13. The molecule has 0 spiro atoms. The Bertz CT molecular complexity index is 395. The van der Waals surface area contributed by atoms with Crippen molar-refractivity contribution < 1.29 is 4.21 Å². The molecule has 1 aromatic carbocycles. The third kappa shape index (κ3) is 2.90. The van der Waals surface area contributed by atoms with Crippen molar-refractivity contribution in [1.29, 1.82) is 5.26 Å². The minimum absolute atomic E-state index is 0.0453. The van der Waals surface area contributed by atoms with Gasteiger partial charge in [-0.1, -0.05) is 25.1 Å². The minimum Gasteiger partial charge on any atom is -0.254 e. The zero-order valence-corrected chi connectivity index (χ0v) is 9.88. The number of nitriles is 1. The molecule has 1 rings (SSSR count).